The van der Waals surface area contributed by atoms with Gasteiger partial charge in [0.05, 0.1) is 18.4 Å². The molecule has 0 aliphatic carbocycles. The number of hydrogen-bond acceptors (Lipinski definition) is 5. The predicted molar refractivity (Wildman–Crippen MR) is 85.3 cm³/mol. The molecular formula is C17H11F6NO5. The van der Waals surface area contributed by atoms with E-state index in [1.165, 1.54) is 0 Å². The van der Waals surface area contributed by atoms with Crippen LogP contribution in [0.3, 0.4) is 0 Å². The lowest BCUT2D eigenvalue weighted by molar-refractivity contribution is -0.274. The molecule has 2 aromatic carbocycles. The van der Waals surface area contributed by atoms with Gasteiger partial charge in [-0.15, -0.1) is 13.2 Å². The van der Waals surface area contributed by atoms with Crippen LogP contribution in [0.25, 0.3) is 0 Å². The smallest absolute Gasteiger partial charge is 0.462 e. The molecule has 29 heavy (non-hydrogen) atoms. The van der Waals surface area contributed by atoms with E-state index in [4.69, 9.17) is 4.74 Å². The summed E-state index contributed by atoms with van der Waals surface area (Å²) in [6.07, 6.45) is -9.81. The van der Waals surface area contributed by atoms with Gasteiger partial charge in [0.15, 0.2) is 0 Å². The summed E-state index contributed by atoms with van der Waals surface area (Å²) in [5, 5.41) is 1.78. The fourth-order valence-electron chi connectivity index (χ4n) is 2.04. The van der Waals surface area contributed by atoms with Crippen LogP contribution >= 0.6 is 0 Å². The van der Waals surface area contributed by atoms with Crippen LogP contribution in [0.15, 0.2) is 42.5 Å². The summed E-state index contributed by atoms with van der Waals surface area (Å²) in [7, 11) is 0.883. The van der Waals surface area contributed by atoms with Gasteiger partial charge in [-0.3, -0.25) is 4.79 Å². The van der Waals surface area contributed by atoms with Crippen LogP contribution in [-0.2, 0) is 20.5 Å². The summed E-state index contributed by atoms with van der Waals surface area (Å²) in [5.41, 5.74) is -2.03. The van der Waals surface area contributed by atoms with Crippen LogP contribution in [-0.4, -0.2) is 25.3 Å². The van der Waals surface area contributed by atoms with E-state index < -0.39 is 41.4 Å². The fourth-order valence-corrected chi connectivity index (χ4v) is 2.04. The Morgan fingerprint density at radius 1 is 0.862 bits per heavy atom. The average Bonchev–Trinajstić information content (AvgIpc) is 2.61. The number of methoxy groups -OCH3 is 1. The highest BCUT2D eigenvalue weighted by Gasteiger charge is 2.35. The van der Waals surface area contributed by atoms with Crippen LogP contribution in [0.2, 0.25) is 0 Å². The number of ether oxygens (including phenoxy) is 3. The van der Waals surface area contributed by atoms with E-state index in [1.54, 1.807) is 5.32 Å². The lowest BCUT2D eigenvalue weighted by Crippen LogP contribution is -2.25. The largest absolute Gasteiger partial charge is 0.573 e. The molecule has 0 saturated heterocycles. The highest BCUT2D eigenvalue weighted by molar-refractivity contribution is 6.37. The zero-order valence-corrected chi connectivity index (χ0v) is 14.4. The Labute approximate surface area is 159 Å². The summed E-state index contributed by atoms with van der Waals surface area (Å²) in [4.78, 5) is 22.5. The number of esters is 1. The van der Waals surface area contributed by atoms with Crippen LogP contribution in [0.4, 0.5) is 32.0 Å². The second-order valence-corrected chi connectivity index (χ2v) is 5.27. The third-order valence-electron chi connectivity index (χ3n) is 3.21. The van der Waals surface area contributed by atoms with Crippen molar-refractivity contribution < 1.29 is 50.1 Å². The van der Waals surface area contributed by atoms with Crippen molar-refractivity contribution in [2.24, 2.45) is 0 Å². The molecular weight excluding hydrogens is 412 g/mol. The molecule has 0 fully saturated rings. The van der Waals surface area contributed by atoms with E-state index in [1.807, 2.05) is 0 Å². The number of anilines is 1. The van der Waals surface area contributed by atoms with Crippen molar-refractivity contribution in [3.8, 4) is 17.2 Å². The second-order valence-electron chi connectivity index (χ2n) is 5.27. The topological polar surface area (TPSA) is 73.9 Å². The number of carbonyl (C=O) groups is 2. The molecule has 0 aromatic heterocycles. The Hall–Kier alpha value is -3.44. The van der Waals surface area contributed by atoms with Gasteiger partial charge in [-0.2, -0.15) is 13.2 Å². The summed E-state index contributed by atoms with van der Waals surface area (Å²) >= 11 is 0. The number of carbonyl (C=O) groups excluding carboxylic acids is 2. The first-order valence-electron chi connectivity index (χ1n) is 7.53. The summed E-state index contributed by atoms with van der Waals surface area (Å²) in [6.45, 7) is 0. The molecule has 0 spiro atoms. The minimum Gasteiger partial charge on any atom is -0.462 e. The zero-order valence-electron chi connectivity index (χ0n) is 14.4. The van der Waals surface area contributed by atoms with Gasteiger partial charge in [0.2, 0.25) is 0 Å². The Bertz CT molecular complexity index is 893. The zero-order chi connectivity index (χ0) is 21.8. The van der Waals surface area contributed by atoms with E-state index in [0.717, 1.165) is 43.5 Å². The second kappa shape index (κ2) is 8.29. The standard InChI is InChI=1S/C17H11F6NO5/c1-27-15(26)14(25)24-13-7-6-11(8-12(13)16(18,19)20)28-9-2-4-10(5-3-9)29-17(21,22)23/h2-8H,1H3,(H,24,25). The van der Waals surface area contributed by atoms with Gasteiger partial charge in [0, 0.05) is 0 Å². The van der Waals surface area contributed by atoms with Gasteiger partial charge >= 0.3 is 24.4 Å². The number of amides is 1. The van der Waals surface area contributed by atoms with E-state index in [0.29, 0.717) is 6.07 Å². The van der Waals surface area contributed by atoms with E-state index in [9.17, 15) is 35.9 Å². The minimum atomic E-state index is -4.91. The number of rotatable bonds is 4. The van der Waals surface area contributed by atoms with E-state index in [2.05, 4.69) is 9.47 Å². The Morgan fingerprint density at radius 3 is 1.93 bits per heavy atom. The molecule has 1 amide bonds. The molecule has 1 N–H and O–H groups in total. The first-order chi connectivity index (χ1) is 13.4. The molecule has 0 radical (unpaired) electrons. The number of halogens is 6. The molecule has 0 atom stereocenters. The van der Waals surface area contributed by atoms with Crippen molar-refractivity contribution in [1.82, 2.24) is 0 Å². The van der Waals surface area contributed by atoms with Crippen LogP contribution in [0.1, 0.15) is 5.56 Å². The number of hydrogen-bond donors (Lipinski definition) is 1. The molecule has 156 valence electrons. The summed E-state index contributed by atoms with van der Waals surface area (Å²) in [5.74, 6) is -3.73. The van der Waals surface area contributed by atoms with Gasteiger partial charge in [-0.25, -0.2) is 4.79 Å². The first kappa shape index (κ1) is 21.9. The van der Waals surface area contributed by atoms with Gasteiger partial charge in [0.25, 0.3) is 0 Å². The monoisotopic (exact) mass is 423 g/mol. The molecule has 0 saturated carbocycles. The normalized spacial score (nSPS) is 11.6. The lowest BCUT2D eigenvalue weighted by Gasteiger charge is -2.15. The van der Waals surface area contributed by atoms with Gasteiger partial charge in [-0.1, -0.05) is 0 Å². The molecule has 2 aromatic rings. The number of benzene rings is 2. The van der Waals surface area contributed by atoms with Crippen LogP contribution < -0.4 is 14.8 Å². The molecule has 6 nitrogen and oxygen atoms in total. The van der Waals surface area contributed by atoms with Crippen molar-refractivity contribution in [2.45, 2.75) is 12.5 Å². The average molecular weight is 423 g/mol. The van der Waals surface area contributed by atoms with Crippen molar-refractivity contribution in [3.63, 3.8) is 0 Å². The van der Waals surface area contributed by atoms with Crippen molar-refractivity contribution >= 4 is 17.6 Å². The Morgan fingerprint density at radius 2 is 1.41 bits per heavy atom. The van der Waals surface area contributed by atoms with Gasteiger partial charge in [0.1, 0.15) is 17.2 Å². The maximum absolute atomic E-state index is 13.3. The maximum Gasteiger partial charge on any atom is 0.573 e. The fraction of sp³-hybridized carbons (Fsp3) is 0.176. The summed E-state index contributed by atoms with van der Waals surface area (Å²) < 4.78 is 89.1. The molecule has 0 heterocycles. The van der Waals surface area contributed by atoms with Crippen LogP contribution in [0.5, 0.6) is 17.2 Å². The lowest BCUT2D eigenvalue weighted by atomic mass is 10.1. The van der Waals surface area contributed by atoms with E-state index >= 15 is 0 Å². The maximum atomic E-state index is 13.3. The Balaban J connectivity index is 2.24. The predicted octanol–water partition coefficient (Wildman–Crippen LogP) is 4.51. The van der Waals surface area contributed by atoms with Gasteiger partial charge in [-0.05, 0) is 42.5 Å². The van der Waals surface area contributed by atoms with Crippen LogP contribution in [0, 0.1) is 0 Å². The number of alkyl halides is 6. The minimum absolute atomic E-state index is 0.0704. The molecule has 0 aliphatic rings. The van der Waals surface area contributed by atoms with Gasteiger partial charge < -0.3 is 19.5 Å². The highest BCUT2D eigenvalue weighted by Crippen LogP contribution is 2.38. The molecule has 12 heteroatoms. The van der Waals surface area contributed by atoms with Crippen molar-refractivity contribution in [3.05, 3.63) is 48.0 Å². The molecule has 0 bridgehead atoms. The molecule has 2 rings (SSSR count). The first-order valence-corrected chi connectivity index (χ1v) is 7.53. The van der Waals surface area contributed by atoms with Crippen molar-refractivity contribution in [2.75, 3.05) is 12.4 Å². The number of nitrogens with one attached hydrogen (secondary N) is 1. The SMILES string of the molecule is COC(=O)C(=O)Nc1ccc(Oc2ccc(OC(F)(F)F)cc2)cc1C(F)(F)F. The van der Waals surface area contributed by atoms with E-state index in [-0.39, 0.29) is 11.5 Å². The third-order valence-corrected chi connectivity index (χ3v) is 3.21. The summed E-state index contributed by atoms with van der Waals surface area (Å²) in [6, 6.07) is 6.40. The third kappa shape index (κ3) is 6.30. The molecule has 0 unspecified atom stereocenters. The quantitative estimate of drug-likeness (QED) is 0.445. The van der Waals surface area contributed by atoms with Crippen molar-refractivity contribution in [1.29, 1.82) is 0 Å². The molecule has 0 aliphatic heterocycles. The Kier molecular flexibility index (Phi) is 6.25. The highest BCUT2D eigenvalue weighted by atomic mass is 19.4.